The smallest absolute Gasteiger partial charge is 0.155 e. The molecule has 2 saturated carbocycles. The van der Waals surface area contributed by atoms with Gasteiger partial charge in [0.05, 0.1) is 0 Å². The molecule has 13 heavy (non-hydrogen) atoms. The summed E-state index contributed by atoms with van der Waals surface area (Å²) >= 11 is 0. The van der Waals surface area contributed by atoms with E-state index < -0.39 is 0 Å². The number of carbonyl (C=O) groups is 1. The minimum absolute atomic E-state index is 0.381. The minimum Gasteiger partial charge on any atom is -0.295 e. The summed E-state index contributed by atoms with van der Waals surface area (Å²) in [5.41, 5.74) is 1.51. The van der Waals surface area contributed by atoms with Gasteiger partial charge in [-0.05, 0) is 49.5 Å². The second-order valence-electron chi connectivity index (χ2n) is 4.82. The Morgan fingerprint density at radius 2 is 1.85 bits per heavy atom. The van der Waals surface area contributed by atoms with E-state index in [1.54, 1.807) is 0 Å². The average molecular weight is 176 g/mol. The summed E-state index contributed by atoms with van der Waals surface area (Å²) in [4.78, 5) is 11.2. The predicted octanol–water partition coefficient (Wildman–Crippen LogP) is 2.71. The fourth-order valence-corrected chi connectivity index (χ4v) is 3.45. The van der Waals surface area contributed by atoms with Crippen LogP contribution >= 0.6 is 0 Å². The number of ketones is 1. The maximum atomic E-state index is 11.2. The van der Waals surface area contributed by atoms with Gasteiger partial charge >= 0.3 is 0 Å². The predicted molar refractivity (Wildman–Crippen MR) is 51.3 cm³/mol. The third kappa shape index (κ3) is 1.17. The van der Waals surface area contributed by atoms with Crippen LogP contribution in [-0.2, 0) is 4.79 Å². The van der Waals surface area contributed by atoms with E-state index in [1.165, 1.54) is 31.3 Å². The third-order valence-corrected chi connectivity index (χ3v) is 4.07. The van der Waals surface area contributed by atoms with Crippen LogP contribution in [0.1, 0.15) is 38.5 Å². The molecule has 1 heteroatoms. The van der Waals surface area contributed by atoms with Gasteiger partial charge in [-0.3, -0.25) is 4.79 Å². The molecule has 3 rings (SSSR count). The van der Waals surface area contributed by atoms with Crippen molar-refractivity contribution in [1.29, 1.82) is 0 Å². The normalized spacial score (nSPS) is 42.9. The first-order valence-corrected chi connectivity index (χ1v) is 5.59. The first-order valence-electron chi connectivity index (χ1n) is 5.59. The van der Waals surface area contributed by atoms with Gasteiger partial charge in [-0.1, -0.05) is 12.0 Å². The van der Waals surface area contributed by atoms with Crippen molar-refractivity contribution in [2.75, 3.05) is 0 Å². The van der Waals surface area contributed by atoms with E-state index in [4.69, 9.17) is 0 Å². The van der Waals surface area contributed by atoms with Gasteiger partial charge in [0.2, 0.25) is 0 Å². The molecule has 3 aliphatic rings. The second kappa shape index (κ2) is 2.70. The van der Waals surface area contributed by atoms with Crippen molar-refractivity contribution in [3.05, 3.63) is 11.6 Å². The highest BCUT2D eigenvalue weighted by Gasteiger charge is 2.53. The molecule has 0 spiro atoms. The van der Waals surface area contributed by atoms with Crippen LogP contribution in [0.15, 0.2) is 11.6 Å². The van der Waals surface area contributed by atoms with Crippen molar-refractivity contribution < 1.29 is 4.79 Å². The molecule has 0 heterocycles. The monoisotopic (exact) mass is 176 g/mol. The number of carbonyl (C=O) groups excluding carboxylic acids is 1. The first kappa shape index (κ1) is 7.78. The summed E-state index contributed by atoms with van der Waals surface area (Å²) in [5, 5.41) is 0. The lowest BCUT2D eigenvalue weighted by Gasteiger charge is -2.13. The van der Waals surface area contributed by atoms with E-state index in [-0.39, 0.29) is 0 Å². The number of hydrogen-bond donors (Lipinski definition) is 0. The molecule has 2 fully saturated rings. The Morgan fingerprint density at radius 3 is 2.54 bits per heavy atom. The highest BCUT2D eigenvalue weighted by atomic mass is 16.1. The van der Waals surface area contributed by atoms with E-state index in [1.807, 2.05) is 6.08 Å². The molecule has 3 aliphatic carbocycles. The molecule has 0 aromatic heterocycles. The van der Waals surface area contributed by atoms with E-state index in [9.17, 15) is 4.79 Å². The van der Waals surface area contributed by atoms with E-state index in [2.05, 4.69) is 0 Å². The summed E-state index contributed by atoms with van der Waals surface area (Å²) in [6, 6.07) is 0. The zero-order valence-electron chi connectivity index (χ0n) is 7.96. The Bertz CT molecular complexity index is 267. The maximum Gasteiger partial charge on any atom is 0.155 e. The van der Waals surface area contributed by atoms with Gasteiger partial charge in [-0.15, -0.1) is 0 Å². The zero-order chi connectivity index (χ0) is 8.84. The number of rotatable bonds is 1. The first-order chi connectivity index (χ1) is 6.36. The minimum atomic E-state index is 0.381. The van der Waals surface area contributed by atoms with Crippen LogP contribution in [0.3, 0.4) is 0 Å². The summed E-state index contributed by atoms with van der Waals surface area (Å²) in [7, 11) is 0. The summed E-state index contributed by atoms with van der Waals surface area (Å²) in [6.07, 6.45) is 9.39. The van der Waals surface area contributed by atoms with E-state index in [0.29, 0.717) is 5.78 Å². The van der Waals surface area contributed by atoms with Crippen molar-refractivity contribution in [3.8, 4) is 0 Å². The largest absolute Gasteiger partial charge is 0.295 e. The van der Waals surface area contributed by atoms with Crippen LogP contribution in [0, 0.1) is 17.8 Å². The topological polar surface area (TPSA) is 17.1 Å². The molecule has 0 aromatic rings. The second-order valence-corrected chi connectivity index (χ2v) is 4.82. The Labute approximate surface area is 79.2 Å². The van der Waals surface area contributed by atoms with Crippen LogP contribution in [0.2, 0.25) is 0 Å². The number of allylic oxidation sites excluding steroid dienone is 2. The molecule has 70 valence electrons. The van der Waals surface area contributed by atoms with Gasteiger partial charge in [0.1, 0.15) is 0 Å². The molecule has 2 unspecified atom stereocenters. The van der Waals surface area contributed by atoms with Gasteiger partial charge < -0.3 is 0 Å². The van der Waals surface area contributed by atoms with Crippen molar-refractivity contribution in [2.45, 2.75) is 38.5 Å². The van der Waals surface area contributed by atoms with Crippen LogP contribution < -0.4 is 0 Å². The van der Waals surface area contributed by atoms with Gasteiger partial charge in [0, 0.05) is 6.42 Å². The lowest BCUT2D eigenvalue weighted by molar-refractivity contribution is -0.115. The summed E-state index contributed by atoms with van der Waals surface area (Å²) in [5.74, 6) is 3.19. The Hall–Kier alpha value is -0.590. The molecule has 0 aromatic carbocycles. The Balaban J connectivity index is 1.76. The van der Waals surface area contributed by atoms with Crippen molar-refractivity contribution in [2.24, 2.45) is 17.8 Å². The molecule has 0 N–H and O–H groups in total. The third-order valence-electron chi connectivity index (χ3n) is 4.07. The van der Waals surface area contributed by atoms with Crippen LogP contribution in [0.25, 0.3) is 0 Å². The van der Waals surface area contributed by atoms with Gasteiger partial charge in [0.15, 0.2) is 5.78 Å². The number of hydrogen-bond acceptors (Lipinski definition) is 1. The molecule has 0 amide bonds. The molecule has 0 radical (unpaired) electrons. The molecule has 0 bridgehead atoms. The van der Waals surface area contributed by atoms with Crippen LogP contribution in [0.5, 0.6) is 0 Å². The number of fused-ring (bicyclic) bond motifs is 1. The van der Waals surface area contributed by atoms with E-state index >= 15 is 0 Å². The van der Waals surface area contributed by atoms with Gasteiger partial charge in [-0.25, -0.2) is 0 Å². The van der Waals surface area contributed by atoms with Gasteiger partial charge in [-0.2, -0.15) is 0 Å². The average Bonchev–Trinajstić information content (AvgIpc) is 2.61. The quantitative estimate of drug-likeness (QED) is 0.600. The maximum absolute atomic E-state index is 11.2. The lowest BCUT2D eigenvalue weighted by Crippen LogP contribution is -2.05. The van der Waals surface area contributed by atoms with Crippen LogP contribution in [0.4, 0.5) is 0 Å². The lowest BCUT2D eigenvalue weighted by atomic mass is 9.92. The highest BCUT2D eigenvalue weighted by molar-refractivity contribution is 5.91. The fraction of sp³-hybridized carbons (Fsp3) is 0.750. The molecule has 2 atom stereocenters. The Kier molecular flexibility index (Phi) is 1.61. The molecule has 1 nitrogen and oxygen atoms in total. The molecular formula is C12H16O. The van der Waals surface area contributed by atoms with E-state index in [0.717, 1.165) is 30.6 Å². The fourth-order valence-electron chi connectivity index (χ4n) is 3.45. The Morgan fingerprint density at radius 1 is 1.08 bits per heavy atom. The highest BCUT2D eigenvalue weighted by Crippen LogP contribution is 2.61. The summed E-state index contributed by atoms with van der Waals surface area (Å²) < 4.78 is 0. The van der Waals surface area contributed by atoms with Gasteiger partial charge in [0.25, 0.3) is 0 Å². The molecule has 0 saturated heterocycles. The van der Waals surface area contributed by atoms with Crippen LogP contribution in [-0.4, -0.2) is 5.78 Å². The van der Waals surface area contributed by atoms with Crippen molar-refractivity contribution >= 4 is 5.78 Å². The molecular weight excluding hydrogens is 160 g/mol. The SMILES string of the molecule is O=C1C=C(C2C3CCCC32)CCC1. The zero-order valence-corrected chi connectivity index (χ0v) is 7.96. The summed E-state index contributed by atoms with van der Waals surface area (Å²) in [6.45, 7) is 0. The van der Waals surface area contributed by atoms with Crippen molar-refractivity contribution in [3.63, 3.8) is 0 Å². The van der Waals surface area contributed by atoms with Crippen molar-refractivity contribution in [1.82, 2.24) is 0 Å². The molecule has 0 aliphatic heterocycles. The standard InChI is InChI=1S/C12H16O/c13-9-4-1-3-8(7-9)12-10-5-2-6-11(10)12/h7,10-12H,1-6H2.